The van der Waals surface area contributed by atoms with Crippen LogP contribution < -0.4 is 0 Å². The van der Waals surface area contributed by atoms with Crippen molar-refractivity contribution < 1.29 is 29.2 Å². The Morgan fingerprint density at radius 1 is 0.978 bits per heavy atom. The minimum atomic E-state index is -1.15. The van der Waals surface area contributed by atoms with Crippen LogP contribution in [0, 0.1) is 50.7 Å². The second kappa shape index (κ2) is 10.6. The molecule has 45 heavy (non-hydrogen) atoms. The highest BCUT2D eigenvalue weighted by Crippen LogP contribution is 2.89. The first-order valence-electron chi connectivity index (χ1n) is 18.6. The highest BCUT2D eigenvalue weighted by atomic mass is 16.7. The summed E-state index contributed by atoms with van der Waals surface area (Å²) in [5.41, 5.74) is 0.278. The maximum atomic E-state index is 12.8. The maximum absolute atomic E-state index is 12.8. The number of aliphatic hydroxyl groups is 2. The number of amides is 1. The van der Waals surface area contributed by atoms with Crippen molar-refractivity contribution in [2.45, 2.75) is 162 Å². The third-order valence-electron chi connectivity index (χ3n) is 15.7. The lowest BCUT2D eigenvalue weighted by atomic mass is 9.42. The molecule has 12 atom stereocenters. The van der Waals surface area contributed by atoms with Gasteiger partial charge in [-0.05, 0) is 129 Å². The van der Waals surface area contributed by atoms with Crippen LogP contribution in [0.4, 0.5) is 0 Å². The Bertz CT molecular complexity index is 1170. The molecule has 0 bridgehead atoms. The summed E-state index contributed by atoms with van der Waals surface area (Å²) in [6.45, 7) is 19.5. The standard InChI is InChI=1S/C38H63NO6/c1-23(2)19-30(40)39-17-18-43-31(21-39)45-29-13-14-37-22-38(37)16-15-35(7)24-9-10-25(32(41)34(5,6)42)44-26(24)20-36(35,8)28(38)12-11-27(37)33(29,3)4/h23-29,31-32,41-42H,9-22H2,1-8H3/t24-,25?,26?,27-,28?,29-,31?,32-,35?,36-,37?,38-/m0/s1. The van der Waals surface area contributed by atoms with E-state index in [4.69, 9.17) is 14.2 Å². The van der Waals surface area contributed by atoms with Crippen molar-refractivity contribution in [3.63, 3.8) is 0 Å². The monoisotopic (exact) mass is 629 g/mol. The molecule has 2 spiro atoms. The summed E-state index contributed by atoms with van der Waals surface area (Å²) >= 11 is 0. The van der Waals surface area contributed by atoms with Gasteiger partial charge in [-0.3, -0.25) is 4.79 Å². The van der Waals surface area contributed by atoms with E-state index in [9.17, 15) is 15.0 Å². The first-order valence-corrected chi connectivity index (χ1v) is 18.6. The number of fused-ring (bicyclic) bond motifs is 4. The van der Waals surface area contributed by atoms with E-state index in [1.54, 1.807) is 13.8 Å². The van der Waals surface area contributed by atoms with Gasteiger partial charge in [-0.1, -0.05) is 41.5 Å². The third kappa shape index (κ3) is 4.70. The van der Waals surface area contributed by atoms with Crippen LogP contribution in [-0.4, -0.2) is 77.0 Å². The Labute approximate surface area is 272 Å². The average molecular weight is 630 g/mol. The molecule has 2 aliphatic heterocycles. The van der Waals surface area contributed by atoms with Crippen LogP contribution in [-0.2, 0) is 19.0 Å². The van der Waals surface area contributed by atoms with Gasteiger partial charge in [-0.15, -0.1) is 0 Å². The quantitative estimate of drug-likeness (QED) is 0.357. The van der Waals surface area contributed by atoms with E-state index in [0.29, 0.717) is 54.7 Å². The largest absolute Gasteiger partial charge is 0.388 e. The second-order valence-corrected chi connectivity index (χ2v) is 18.9. The van der Waals surface area contributed by atoms with Gasteiger partial charge in [0.05, 0.1) is 37.1 Å². The number of hydrogen-bond donors (Lipinski definition) is 2. The number of carbonyl (C=O) groups excluding carboxylic acids is 1. The number of aliphatic hydroxyl groups excluding tert-OH is 1. The SMILES string of the molecule is CC(C)CC(=O)N1CCOC(O[C@H]2CCC34C[C@]35CCC3(C)[C@H]6CCC([C@H](O)C(C)(C)O)OC6C[C@@]3(C)C5CC[C@H]4C2(C)C)C1. The number of rotatable bonds is 6. The zero-order chi connectivity index (χ0) is 32.4. The van der Waals surface area contributed by atoms with Crippen molar-refractivity contribution in [2.24, 2.45) is 50.7 Å². The minimum absolute atomic E-state index is 0.0647. The van der Waals surface area contributed by atoms with E-state index in [1.807, 2.05) is 4.90 Å². The Morgan fingerprint density at radius 2 is 1.69 bits per heavy atom. The summed E-state index contributed by atoms with van der Waals surface area (Å²) in [5, 5.41) is 21.5. The normalized spacial score (nSPS) is 49.3. The van der Waals surface area contributed by atoms with E-state index < -0.39 is 11.7 Å². The van der Waals surface area contributed by atoms with E-state index in [2.05, 4.69) is 41.5 Å². The van der Waals surface area contributed by atoms with Crippen molar-refractivity contribution >= 4 is 5.91 Å². The Morgan fingerprint density at radius 3 is 2.40 bits per heavy atom. The summed E-state index contributed by atoms with van der Waals surface area (Å²) in [6, 6.07) is 0. The molecule has 0 aromatic rings. The molecular weight excluding hydrogens is 566 g/mol. The lowest BCUT2D eigenvalue weighted by Gasteiger charge is -2.63. The fourth-order valence-corrected chi connectivity index (χ4v) is 13.3. The number of hydrogen-bond acceptors (Lipinski definition) is 6. The van der Waals surface area contributed by atoms with Crippen molar-refractivity contribution in [3.05, 3.63) is 0 Å². The first-order chi connectivity index (χ1) is 21.0. The van der Waals surface area contributed by atoms with Gasteiger partial charge >= 0.3 is 0 Å². The first kappa shape index (κ1) is 32.8. The molecule has 2 saturated heterocycles. The van der Waals surface area contributed by atoms with Gasteiger partial charge in [0.25, 0.3) is 0 Å². The highest BCUT2D eigenvalue weighted by Gasteiger charge is 2.83. The van der Waals surface area contributed by atoms with E-state index in [0.717, 1.165) is 31.6 Å². The van der Waals surface area contributed by atoms with Gasteiger partial charge in [0, 0.05) is 13.0 Å². The molecule has 7 nitrogen and oxygen atoms in total. The zero-order valence-electron chi connectivity index (χ0n) is 29.6. The molecule has 5 saturated carbocycles. The number of carbonyl (C=O) groups is 1. The fraction of sp³-hybridized carbons (Fsp3) is 0.974. The Kier molecular flexibility index (Phi) is 7.75. The van der Waals surface area contributed by atoms with Gasteiger partial charge in [0.1, 0.15) is 6.10 Å². The molecule has 0 radical (unpaired) electrons. The summed E-state index contributed by atoms with van der Waals surface area (Å²) in [6.07, 6.45) is 11.4. The molecule has 2 N–H and O–H groups in total. The second-order valence-electron chi connectivity index (χ2n) is 18.9. The highest BCUT2D eigenvalue weighted by molar-refractivity contribution is 5.76. The van der Waals surface area contributed by atoms with Gasteiger partial charge in [0.2, 0.25) is 5.91 Å². The molecule has 7 rings (SSSR count). The molecule has 2 heterocycles. The van der Waals surface area contributed by atoms with Crippen LogP contribution in [0.15, 0.2) is 0 Å². The Hall–Kier alpha value is -0.730. The summed E-state index contributed by atoms with van der Waals surface area (Å²) in [5.74, 6) is 2.50. The van der Waals surface area contributed by atoms with Crippen LogP contribution in [0.1, 0.15) is 126 Å². The topological polar surface area (TPSA) is 88.5 Å². The minimum Gasteiger partial charge on any atom is -0.388 e. The van der Waals surface area contributed by atoms with Gasteiger partial charge < -0.3 is 29.3 Å². The van der Waals surface area contributed by atoms with Crippen molar-refractivity contribution in [3.8, 4) is 0 Å². The molecular formula is C38H63NO6. The smallest absolute Gasteiger partial charge is 0.223 e. The molecule has 7 aliphatic rings. The molecule has 6 unspecified atom stereocenters. The molecule has 5 aliphatic carbocycles. The van der Waals surface area contributed by atoms with Crippen LogP contribution in [0.3, 0.4) is 0 Å². The Balaban J connectivity index is 1.06. The fourth-order valence-electron chi connectivity index (χ4n) is 13.3. The van der Waals surface area contributed by atoms with Gasteiger partial charge in [-0.2, -0.15) is 0 Å². The van der Waals surface area contributed by atoms with E-state index >= 15 is 0 Å². The number of ether oxygens (including phenoxy) is 3. The van der Waals surface area contributed by atoms with Crippen molar-refractivity contribution in [1.82, 2.24) is 4.90 Å². The maximum Gasteiger partial charge on any atom is 0.223 e. The molecule has 0 aromatic heterocycles. The molecule has 256 valence electrons. The van der Waals surface area contributed by atoms with Crippen LogP contribution >= 0.6 is 0 Å². The van der Waals surface area contributed by atoms with Gasteiger partial charge in [-0.25, -0.2) is 0 Å². The zero-order valence-corrected chi connectivity index (χ0v) is 29.6. The van der Waals surface area contributed by atoms with Crippen LogP contribution in [0.5, 0.6) is 0 Å². The van der Waals surface area contributed by atoms with Crippen LogP contribution in [0.2, 0.25) is 0 Å². The average Bonchev–Trinajstić information content (AvgIpc) is 3.57. The lowest BCUT2D eigenvalue weighted by molar-refractivity contribution is -0.246. The number of morpholine rings is 1. The summed E-state index contributed by atoms with van der Waals surface area (Å²) in [7, 11) is 0. The van der Waals surface area contributed by atoms with E-state index in [1.165, 1.54) is 38.5 Å². The molecule has 1 amide bonds. The molecule has 7 fully saturated rings. The van der Waals surface area contributed by atoms with Crippen molar-refractivity contribution in [2.75, 3.05) is 19.7 Å². The van der Waals surface area contributed by atoms with Gasteiger partial charge in [0.15, 0.2) is 6.29 Å². The lowest BCUT2D eigenvalue weighted by Crippen LogP contribution is -2.58. The predicted octanol–water partition coefficient (Wildman–Crippen LogP) is 6.33. The summed E-state index contributed by atoms with van der Waals surface area (Å²) < 4.78 is 19.7. The molecule has 0 aromatic carbocycles. The third-order valence-corrected chi connectivity index (χ3v) is 15.7. The van der Waals surface area contributed by atoms with E-state index in [-0.39, 0.29) is 46.8 Å². The summed E-state index contributed by atoms with van der Waals surface area (Å²) in [4.78, 5) is 14.8. The predicted molar refractivity (Wildman–Crippen MR) is 173 cm³/mol. The number of nitrogens with zero attached hydrogens (tertiary/aromatic N) is 1. The van der Waals surface area contributed by atoms with Crippen molar-refractivity contribution in [1.29, 1.82) is 0 Å². The molecule has 7 heteroatoms. The van der Waals surface area contributed by atoms with Crippen LogP contribution in [0.25, 0.3) is 0 Å².